The Labute approximate surface area is 215 Å². The molecule has 0 aromatic heterocycles. The van der Waals surface area contributed by atoms with Crippen LogP contribution in [0.3, 0.4) is 0 Å². The highest BCUT2D eigenvalue weighted by atomic mass is 19.1. The number of likely N-dealkylation sites (tertiary alicyclic amines) is 1. The van der Waals surface area contributed by atoms with Crippen molar-refractivity contribution in [2.45, 2.75) is 59.3 Å². The predicted octanol–water partition coefficient (Wildman–Crippen LogP) is 8.15. The van der Waals surface area contributed by atoms with Gasteiger partial charge in [-0.1, -0.05) is 88.7 Å². The van der Waals surface area contributed by atoms with Crippen molar-refractivity contribution in [3.63, 3.8) is 0 Å². The molecule has 3 aromatic carbocycles. The third-order valence-corrected chi connectivity index (χ3v) is 7.32. The molecule has 3 aromatic rings. The molecule has 0 spiro atoms. The maximum Gasteiger partial charge on any atom is 0.253 e. The van der Waals surface area contributed by atoms with Gasteiger partial charge in [0.2, 0.25) is 0 Å². The van der Waals surface area contributed by atoms with E-state index in [-0.39, 0.29) is 17.1 Å². The second-order valence-electron chi connectivity index (χ2n) is 10.9. The van der Waals surface area contributed by atoms with Crippen molar-refractivity contribution in [2.24, 2.45) is 5.41 Å². The Morgan fingerprint density at radius 1 is 0.889 bits per heavy atom. The molecule has 0 aliphatic carbocycles. The molecule has 0 atom stereocenters. The van der Waals surface area contributed by atoms with E-state index in [0.29, 0.717) is 29.8 Å². The highest BCUT2D eigenvalue weighted by Gasteiger charge is 2.39. The van der Waals surface area contributed by atoms with Crippen LogP contribution in [0.5, 0.6) is 0 Å². The summed E-state index contributed by atoms with van der Waals surface area (Å²) in [6.07, 6.45) is 2.78. The highest BCUT2D eigenvalue weighted by Crippen LogP contribution is 2.37. The monoisotopic (exact) mass is 486 g/mol. The molecule has 0 bridgehead atoms. The van der Waals surface area contributed by atoms with E-state index >= 15 is 0 Å². The van der Waals surface area contributed by atoms with Crippen LogP contribution in [0.25, 0.3) is 11.1 Å². The Hall–Kier alpha value is -3.27. The summed E-state index contributed by atoms with van der Waals surface area (Å²) in [6.45, 7) is 12.1. The number of hydrogen-bond acceptors (Lipinski definition) is 2. The van der Waals surface area contributed by atoms with Gasteiger partial charge in [-0.2, -0.15) is 0 Å². The van der Waals surface area contributed by atoms with Gasteiger partial charge >= 0.3 is 0 Å². The number of carbonyl (C=O) groups excluding carboxylic acids is 1. The van der Waals surface area contributed by atoms with Crippen LogP contribution in [0.1, 0.15) is 69.8 Å². The van der Waals surface area contributed by atoms with Gasteiger partial charge in [0.05, 0.1) is 0 Å². The Kier molecular flexibility index (Phi) is 8.84. The van der Waals surface area contributed by atoms with Crippen molar-refractivity contribution in [2.75, 3.05) is 13.1 Å². The first-order valence-corrected chi connectivity index (χ1v) is 12.8. The summed E-state index contributed by atoms with van der Waals surface area (Å²) in [5.74, 6) is -0.243. The zero-order valence-corrected chi connectivity index (χ0v) is 22.3. The van der Waals surface area contributed by atoms with Gasteiger partial charge in [-0.3, -0.25) is 4.79 Å². The van der Waals surface area contributed by atoms with Gasteiger partial charge in [-0.15, -0.1) is 0 Å². The molecule has 1 aliphatic heterocycles. The lowest BCUT2D eigenvalue weighted by molar-refractivity contribution is 0.0695. The second-order valence-corrected chi connectivity index (χ2v) is 10.9. The molecule has 0 saturated carbocycles. The van der Waals surface area contributed by atoms with E-state index in [0.717, 1.165) is 29.5 Å². The molecule has 1 N–H and O–H groups in total. The van der Waals surface area contributed by atoms with E-state index in [9.17, 15) is 9.18 Å². The zero-order valence-electron chi connectivity index (χ0n) is 22.3. The smallest absolute Gasteiger partial charge is 0.253 e. The quantitative estimate of drug-likeness (QED) is 0.372. The average Bonchev–Trinajstić information content (AvgIpc) is 2.89. The lowest BCUT2D eigenvalue weighted by atomic mass is 9.69. The Morgan fingerprint density at radius 3 is 1.81 bits per heavy atom. The minimum absolute atomic E-state index is 0.0185. The molecule has 0 radical (unpaired) electrons. The Morgan fingerprint density at radius 2 is 1.36 bits per heavy atom. The van der Waals surface area contributed by atoms with E-state index in [1.165, 1.54) is 18.6 Å². The molecule has 1 fully saturated rings. The van der Waals surface area contributed by atoms with Gasteiger partial charge in [0.1, 0.15) is 5.82 Å². The third kappa shape index (κ3) is 6.69. The number of nitrogens with zero attached hydrogens (tertiary/aromatic N) is 1. The van der Waals surface area contributed by atoms with Crippen molar-refractivity contribution in [1.29, 1.82) is 5.41 Å². The summed E-state index contributed by atoms with van der Waals surface area (Å²) >= 11 is 0. The Bertz CT molecular complexity index is 1140. The standard InChI is InChI=1S/C26H25FN2O.C6H14/c1-19(28)26(23-5-3-2-4-6-23)15-17-29(18-16-26)25(30)22-9-7-20(8-10-22)21-11-13-24(27)14-12-21;1-5-6(2,3)4/h2-14,28H,15-18H2,1H3;5H2,1-4H3. The maximum atomic E-state index is 13.1. The largest absolute Gasteiger partial charge is 0.339 e. The van der Waals surface area contributed by atoms with Crippen LogP contribution >= 0.6 is 0 Å². The Balaban J connectivity index is 0.000000538. The normalized spacial score (nSPS) is 15.0. The van der Waals surface area contributed by atoms with Crippen molar-refractivity contribution in [3.8, 4) is 11.1 Å². The fraction of sp³-hybridized carbons (Fsp3) is 0.375. The lowest BCUT2D eigenvalue weighted by Gasteiger charge is -2.42. The number of amides is 1. The van der Waals surface area contributed by atoms with E-state index in [4.69, 9.17) is 5.41 Å². The number of halogens is 1. The molecule has 36 heavy (non-hydrogen) atoms. The summed E-state index contributed by atoms with van der Waals surface area (Å²) in [5.41, 5.74) is 4.59. The van der Waals surface area contributed by atoms with E-state index in [1.54, 1.807) is 12.1 Å². The SMILES string of the molecule is CC(=N)C1(c2ccccc2)CCN(C(=O)c2ccc(-c3ccc(F)cc3)cc2)CC1.CCC(C)(C)C. The van der Waals surface area contributed by atoms with Crippen LogP contribution in [0.15, 0.2) is 78.9 Å². The molecule has 1 amide bonds. The number of rotatable bonds is 4. The number of carbonyl (C=O) groups is 1. The lowest BCUT2D eigenvalue weighted by Crippen LogP contribution is -2.48. The van der Waals surface area contributed by atoms with Crippen LogP contribution in [-0.2, 0) is 5.41 Å². The topological polar surface area (TPSA) is 44.2 Å². The van der Waals surface area contributed by atoms with Crippen molar-refractivity contribution >= 4 is 11.6 Å². The summed E-state index contributed by atoms with van der Waals surface area (Å²) < 4.78 is 13.1. The van der Waals surface area contributed by atoms with E-state index in [1.807, 2.05) is 54.3 Å². The van der Waals surface area contributed by atoms with Crippen LogP contribution in [-0.4, -0.2) is 29.6 Å². The maximum absolute atomic E-state index is 13.1. The zero-order chi connectivity index (χ0) is 26.3. The molecule has 4 heteroatoms. The number of nitrogens with one attached hydrogen (secondary N) is 1. The predicted molar refractivity (Wildman–Crippen MR) is 148 cm³/mol. The van der Waals surface area contributed by atoms with Gasteiger partial charge < -0.3 is 10.3 Å². The summed E-state index contributed by atoms with van der Waals surface area (Å²) in [7, 11) is 0. The molecule has 190 valence electrons. The van der Waals surface area contributed by atoms with Crippen molar-refractivity contribution in [3.05, 3.63) is 95.8 Å². The first-order valence-electron chi connectivity index (χ1n) is 12.8. The fourth-order valence-corrected chi connectivity index (χ4v) is 4.36. The number of hydrogen-bond donors (Lipinski definition) is 1. The second kappa shape index (κ2) is 11.6. The minimum Gasteiger partial charge on any atom is -0.339 e. The first-order chi connectivity index (χ1) is 17.1. The summed E-state index contributed by atoms with van der Waals surface area (Å²) in [5, 5.41) is 8.40. The molecule has 4 rings (SSSR count). The number of piperidine rings is 1. The van der Waals surface area contributed by atoms with Crippen molar-refractivity contribution < 1.29 is 9.18 Å². The fourth-order valence-electron chi connectivity index (χ4n) is 4.36. The van der Waals surface area contributed by atoms with Crippen LogP contribution < -0.4 is 0 Å². The molecule has 1 saturated heterocycles. The van der Waals surface area contributed by atoms with E-state index < -0.39 is 0 Å². The van der Waals surface area contributed by atoms with Gasteiger partial charge in [-0.25, -0.2) is 4.39 Å². The van der Waals surface area contributed by atoms with Crippen LogP contribution in [0.2, 0.25) is 0 Å². The van der Waals surface area contributed by atoms with Crippen LogP contribution in [0.4, 0.5) is 4.39 Å². The first kappa shape index (κ1) is 27.3. The van der Waals surface area contributed by atoms with E-state index in [2.05, 4.69) is 39.8 Å². The van der Waals surface area contributed by atoms with Gasteiger partial charge in [0.25, 0.3) is 5.91 Å². The highest BCUT2D eigenvalue weighted by molar-refractivity contribution is 5.95. The van der Waals surface area contributed by atoms with Gasteiger partial charge in [-0.05, 0) is 66.1 Å². The van der Waals surface area contributed by atoms with Crippen molar-refractivity contribution in [1.82, 2.24) is 4.90 Å². The third-order valence-electron chi connectivity index (χ3n) is 7.32. The van der Waals surface area contributed by atoms with Gasteiger partial charge in [0, 0.05) is 29.8 Å². The van der Waals surface area contributed by atoms with Crippen LogP contribution in [0, 0.1) is 16.6 Å². The van der Waals surface area contributed by atoms with Gasteiger partial charge in [0.15, 0.2) is 0 Å². The summed E-state index contributed by atoms with van der Waals surface area (Å²) in [4.78, 5) is 14.9. The average molecular weight is 487 g/mol. The molecule has 1 aliphatic rings. The molecular weight excluding hydrogens is 447 g/mol. The molecule has 1 heterocycles. The minimum atomic E-state index is -0.287. The molecule has 3 nitrogen and oxygen atoms in total. The molecular formula is C32H39FN2O. The molecule has 0 unspecified atom stereocenters. The number of benzene rings is 3. The summed E-state index contributed by atoms with van der Waals surface area (Å²) in [6, 6.07) is 24.0.